The number of rotatable bonds is 3. The van der Waals surface area contributed by atoms with Crippen molar-refractivity contribution in [2.75, 3.05) is 23.3 Å². The van der Waals surface area contributed by atoms with Crippen LogP contribution in [0.3, 0.4) is 0 Å². The van der Waals surface area contributed by atoms with Crippen molar-refractivity contribution < 1.29 is 13.7 Å². The Morgan fingerprint density at radius 2 is 1.96 bits per heavy atom. The van der Waals surface area contributed by atoms with E-state index >= 15 is 0 Å². The molecule has 2 N–H and O–H groups in total. The standard InChI is InChI=1S/C19H19N5O3.ClH/c25-18-19(7-9-20-10-8-19)22-13-4-1-2-5-14(13)24(18)12-16-21-17(27-23-16)15-6-3-11-26-15;/h1-6,11,20,22H,7-10,12H2;1H. The van der Waals surface area contributed by atoms with Crippen molar-refractivity contribution >= 4 is 29.7 Å². The summed E-state index contributed by atoms with van der Waals surface area (Å²) in [5.41, 5.74) is 1.19. The average Bonchev–Trinajstić information content (AvgIpc) is 3.38. The molecule has 146 valence electrons. The third kappa shape index (κ3) is 3.04. The summed E-state index contributed by atoms with van der Waals surface area (Å²) in [4.78, 5) is 19.6. The van der Waals surface area contributed by atoms with Crippen LogP contribution in [-0.4, -0.2) is 34.7 Å². The minimum absolute atomic E-state index is 0. The molecule has 1 aromatic carbocycles. The second kappa shape index (κ2) is 7.29. The molecule has 0 atom stereocenters. The first-order valence-corrected chi connectivity index (χ1v) is 9.02. The van der Waals surface area contributed by atoms with Gasteiger partial charge in [-0.1, -0.05) is 17.3 Å². The third-order valence-electron chi connectivity index (χ3n) is 5.18. The summed E-state index contributed by atoms with van der Waals surface area (Å²) >= 11 is 0. The fourth-order valence-corrected chi connectivity index (χ4v) is 3.80. The molecule has 4 heterocycles. The van der Waals surface area contributed by atoms with Gasteiger partial charge in [-0.25, -0.2) is 0 Å². The summed E-state index contributed by atoms with van der Waals surface area (Å²) in [7, 11) is 0. The van der Waals surface area contributed by atoms with E-state index in [4.69, 9.17) is 8.94 Å². The first-order chi connectivity index (χ1) is 13.3. The largest absolute Gasteiger partial charge is 0.459 e. The summed E-state index contributed by atoms with van der Waals surface area (Å²) in [6.45, 7) is 1.86. The fraction of sp³-hybridized carbons (Fsp3) is 0.316. The number of carbonyl (C=O) groups is 1. The zero-order valence-corrected chi connectivity index (χ0v) is 15.9. The first-order valence-electron chi connectivity index (χ1n) is 9.02. The monoisotopic (exact) mass is 401 g/mol. The van der Waals surface area contributed by atoms with Gasteiger partial charge in [0.2, 0.25) is 0 Å². The molecule has 0 saturated carbocycles. The number of benzene rings is 1. The zero-order valence-electron chi connectivity index (χ0n) is 15.1. The van der Waals surface area contributed by atoms with E-state index in [1.807, 2.05) is 24.3 Å². The van der Waals surface area contributed by atoms with E-state index in [-0.39, 0.29) is 24.9 Å². The highest BCUT2D eigenvalue weighted by molar-refractivity contribution is 6.07. The molecule has 3 aromatic rings. The summed E-state index contributed by atoms with van der Waals surface area (Å²) < 4.78 is 10.6. The van der Waals surface area contributed by atoms with Crippen molar-refractivity contribution in [3.05, 3.63) is 48.5 Å². The minimum atomic E-state index is -0.590. The number of halogens is 1. The Kier molecular flexibility index (Phi) is 4.82. The van der Waals surface area contributed by atoms with Crippen LogP contribution in [0.5, 0.6) is 0 Å². The van der Waals surface area contributed by atoms with E-state index in [1.54, 1.807) is 23.3 Å². The molecule has 0 radical (unpaired) electrons. The molecule has 1 amide bonds. The van der Waals surface area contributed by atoms with Crippen molar-refractivity contribution in [1.29, 1.82) is 0 Å². The number of hydrogen-bond acceptors (Lipinski definition) is 7. The van der Waals surface area contributed by atoms with Crippen molar-refractivity contribution in [2.24, 2.45) is 0 Å². The van der Waals surface area contributed by atoms with E-state index < -0.39 is 5.54 Å². The van der Waals surface area contributed by atoms with Crippen LogP contribution in [0, 0.1) is 0 Å². The lowest BCUT2D eigenvalue weighted by Crippen LogP contribution is -2.61. The summed E-state index contributed by atoms with van der Waals surface area (Å²) in [5, 5.41) is 10.9. The Morgan fingerprint density at radius 1 is 1.14 bits per heavy atom. The lowest BCUT2D eigenvalue weighted by Gasteiger charge is -2.45. The number of nitrogens with one attached hydrogen (secondary N) is 2. The number of anilines is 2. The summed E-state index contributed by atoms with van der Waals surface area (Å²) in [5.74, 6) is 1.31. The Bertz CT molecular complexity index is 966. The fourth-order valence-electron chi connectivity index (χ4n) is 3.80. The highest BCUT2D eigenvalue weighted by Gasteiger charge is 2.46. The van der Waals surface area contributed by atoms with E-state index in [0.717, 1.165) is 37.3 Å². The van der Waals surface area contributed by atoms with Crippen molar-refractivity contribution in [3.63, 3.8) is 0 Å². The van der Waals surface area contributed by atoms with Crippen LogP contribution >= 0.6 is 12.4 Å². The maximum Gasteiger partial charge on any atom is 0.293 e. The van der Waals surface area contributed by atoms with Gasteiger partial charge in [0.25, 0.3) is 11.8 Å². The van der Waals surface area contributed by atoms with Crippen LogP contribution in [0.4, 0.5) is 11.4 Å². The Hall–Kier alpha value is -2.84. The Balaban J connectivity index is 0.00000192. The smallest absolute Gasteiger partial charge is 0.293 e. The quantitative estimate of drug-likeness (QED) is 0.696. The zero-order chi connectivity index (χ0) is 18.3. The number of piperidine rings is 1. The predicted octanol–water partition coefficient (Wildman–Crippen LogP) is 2.83. The average molecular weight is 402 g/mol. The molecule has 0 bridgehead atoms. The van der Waals surface area contributed by atoms with E-state index in [9.17, 15) is 4.79 Å². The number of nitrogens with zero attached hydrogens (tertiary/aromatic N) is 3. The number of carbonyl (C=O) groups excluding carboxylic acids is 1. The van der Waals surface area contributed by atoms with Gasteiger partial charge >= 0.3 is 0 Å². The van der Waals surface area contributed by atoms with Gasteiger partial charge in [0.15, 0.2) is 11.6 Å². The lowest BCUT2D eigenvalue weighted by atomic mass is 9.84. The lowest BCUT2D eigenvalue weighted by molar-refractivity contribution is -0.124. The van der Waals surface area contributed by atoms with Crippen LogP contribution in [0.1, 0.15) is 18.7 Å². The molecule has 9 heteroatoms. The number of hydrogen-bond donors (Lipinski definition) is 2. The van der Waals surface area contributed by atoms with Gasteiger partial charge in [-0.2, -0.15) is 4.98 Å². The number of furan rings is 1. The van der Waals surface area contributed by atoms with Crippen LogP contribution < -0.4 is 15.5 Å². The van der Waals surface area contributed by atoms with Crippen molar-refractivity contribution in [1.82, 2.24) is 15.5 Å². The van der Waals surface area contributed by atoms with Gasteiger partial charge in [-0.15, -0.1) is 12.4 Å². The van der Waals surface area contributed by atoms with E-state index in [1.165, 1.54) is 0 Å². The van der Waals surface area contributed by atoms with Crippen LogP contribution in [0.2, 0.25) is 0 Å². The van der Waals surface area contributed by atoms with Crippen LogP contribution in [0.15, 0.2) is 51.6 Å². The summed E-state index contributed by atoms with van der Waals surface area (Å²) in [6, 6.07) is 11.3. The van der Waals surface area contributed by atoms with Gasteiger partial charge in [0.1, 0.15) is 5.54 Å². The Labute approximate surface area is 167 Å². The number of aromatic nitrogens is 2. The van der Waals surface area contributed by atoms with Gasteiger partial charge in [0, 0.05) is 0 Å². The molecule has 28 heavy (non-hydrogen) atoms. The highest BCUT2D eigenvalue weighted by Crippen LogP contribution is 2.39. The molecule has 0 unspecified atom stereocenters. The molecule has 0 aliphatic carbocycles. The molecular weight excluding hydrogens is 382 g/mol. The number of fused-ring (bicyclic) bond motifs is 1. The molecule has 1 spiro atoms. The van der Waals surface area contributed by atoms with E-state index in [0.29, 0.717) is 17.5 Å². The predicted molar refractivity (Wildman–Crippen MR) is 105 cm³/mol. The second-order valence-electron chi connectivity index (χ2n) is 6.86. The SMILES string of the molecule is Cl.O=C1N(Cc2noc(-c3ccco3)n2)c2ccccc2NC12CCNCC2. The van der Waals surface area contributed by atoms with Gasteiger partial charge in [-0.3, -0.25) is 4.79 Å². The molecule has 8 nitrogen and oxygen atoms in total. The van der Waals surface area contributed by atoms with Gasteiger partial charge < -0.3 is 24.5 Å². The molecule has 5 rings (SSSR count). The molecule has 1 saturated heterocycles. The van der Waals surface area contributed by atoms with Crippen LogP contribution in [0.25, 0.3) is 11.7 Å². The van der Waals surface area contributed by atoms with Crippen LogP contribution in [-0.2, 0) is 11.3 Å². The summed E-state index contributed by atoms with van der Waals surface area (Å²) in [6.07, 6.45) is 3.03. The van der Waals surface area contributed by atoms with Gasteiger partial charge in [0.05, 0.1) is 24.2 Å². The van der Waals surface area contributed by atoms with E-state index in [2.05, 4.69) is 20.8 Å². The molecule has 1 fully saturated rings. The number of para-hydroxylation sites is 2. The maximum atomic E-state index is 13.4. The Morgan fingerprint density at radius 3 is 2.75 bits per heavy atom. The van der Waals surface area contributed by atoms with Crippen molar-refractivity contribution in [2.45, 2.75) is 24.9 Å². The minimum Gasteiger partial charge on any atom is -0.459 e. The molecular formula is C19H20ClN5O3. The van der Waals surface area contributed by atoms with Crippen molar-refractivity contribution in [3.8, 4) is 11.7 Å². The molecule has 2 aliphatic heterocycles. The maximum absolute atomic E-state index is 13.4. The molecule has 2 aromatic heterocycles. The first kappa shape index (κ1) is 18.5. The number of amides is 1. The third-order valence-corrected chi connectivity index (χ3v) is 5.18. The van der Waals surface area contributed by atoms with Gasteiger partial charge in [-0.05, 0) is 50.2 Å². The topological polar surface area (TPSA) is 96.4 Å². The highest BCUT2D eigenvalue weighted by atomic mass is 35.5. The normalized spacial score (nSPS) is 17.7. The molecule has 2 aliphatic rings. The second-order valence-corrected chi connectivity index (χ2v) is 6.86.